The minimum absolute atomic E-state index is 0.0132. The predicted octanol–water partition coefficient (Wildman–Crippen LogP) is 6.95. The lowest BCUT2D eigenvalue weighted by molar-refractivity contribution is -0.384. The van der Waals surface area contributed by atoms with Crippen molar-refractivity contribution in [3.8, 4) is 0 Å². The zero-order valence-corrected chi connectivity index (χ0v) is 21.1. The largest absolute Gasteiger partial charge is 0.280 e. The number of hydrogen-bond donors (Lipinski definition) is 0. The number of benzene rings is 3. The number of thiazole rings is 1. The Hall–Kier alpha value is -3.43. The first kappa shape index (κ1) is 23.7. The van der Waals surface area contributed by atoms with E-state index in [2.05, 4.69) is 46.8 Å². The molecule has 0 radical (unpaired) electrons. The first-order valence-electron chi connectivity index (χ1n) is 10.4. The molecular formula is C25H21BrN4O3S. The topological polar surface area (TPSA) is 88.7 Å². The average molecular weight is 537 g/mol. The number of amides is 1. The molecule has 0 unspecified atom stereocenters. The molecule has 34 heavy (non-hydrogen) atoms. The lowest BCUT2D eigenvalue weighted by Crippen LogP contribution is -2.25. The van der Waals surface area contributed by atoms with Crippen molar-refractivity contribution in [2.24, 2.45) is 5.10 Å². The average Bonchev–Trinajstić information content (AvgIpc) is 3.21. The van der Waals surface area contributed by atoms with E-state index in [-0.39, 0.29) is 17.0 Å². The van der Waals surface area contributed by atoms with Gasteiger partial charge < -0.3 is 0 Å². The maximum absolute atomic E-state index is 13.5. The normalized spacial score (nSPS) is 11.8. The number of carbonyl (C=O) groups excluding carboxylic acids is 1. The third-order valence-electron chi connectivity index (χ3n) is 5.14. The van der Waals surface area contributed by atoms with Gasteiger partial charge in [0.25, 0.3) is 11.6 Å². The molecule has 1 aromatic heterocycles. The fraction of sp³-hybridized carbons (Fsp3) is 0.160. The Morgan fingerprint density at radius 1 is 1.09 bits per heavy atom. The molecule has 0 fully saturated rings. The smallest absolute Gasteiger partial charge is 0.267 e. The number of non-ortho nitro benzene ring substituents is 1. The quantitative estimate of drug-likeness (QED) is 0.157. The number of halogens is 1. The molecule has 0 aliphatic rings. The third-order valence-corrected chi connectivity index (χ3v) is 6.62. The van der Waals surface area contributed by atoms with Crippen molar-refractivity contribution in [1.82, 2.24) is 4.98 Å². The van der Waals surface area contributed by atoms with Crippen LogP contribution < -0.4 is 5.01 Å². The van der Waals surface area contributed by atoms with Crippen molar-refractivity contribution in [1.29, 1.82) is 0 Å². The first-order valence-corrected chi connectivity index (χ1v) is 12.0. The van der Waals surface area contributed by atoms with Gasteiger partial charge in [-0.05, 0) is 59.0 Å². The maximum atomic E-state index is 13.5. The molecule has 0 saturated carbocycles. The van der Waals surface area contributed by atoms with Gasteiger partial charge in [-0.15, -0.1) is 0 Å². The van der Waals surface area contributed by atoms with Gasteiger partial charge in [0.15, 0.2) is 0 Å². The summed E-state index contributed by atoms with van der Waals surface area (Å²) in [5, 5.41) is 17.0. The summed E-state index contributed by atoms with van der Waals surface area (Å²) in [6, 6.07) is 19.1. The van der Waals surface area contributed by atoms with Crippen molar-refractivity contribution >= 4 is 60.4 Å². The number of rotatable bonds is 5. The lowest BCUT2D eigenvalue weighted by atomic mass is 9.87. The highest BCUT2D eigenvalue weighted by Crippen LogP contribution is 2.32. The molecule has 4 aromatic rings. The highest BCUT2D eigenvalue weighted by molar-refractivity contribution is 9.10. The van der Waals surface area contributed by atoms with E-state index in [9.17, 15) is 14.9 Å². The molecule has 0 bridgehead atoms. The van der Waals surface area contributed by atoms with Crippen LogP contribution in [-0.4, -0.2) is 22.0 Å². The Morgan fingerprint density at radius 2 is 1.76 bits per heavy atom. The van der Waals surface area contributed by atoms with Crippen molar-refractivity contribution < 1.29 is 9.72 Å². The van der Waals surface area contributed by atoms with Crippen LogP contribution >= 0.6 is 27.3 Å². The molecule has 9 heteroatoms. The molecule has 0 aliphatic heterocycles. The van der Waals surface area contributed by atoms with E-state index in [4.69, 9.17) is 0 Å². The number of nitrogens with zero attached hydrogens (tertiary/aromatic N) is 4. The number of anilines is 1. The van der Waals surface area contributed by atoms with Crippen LogP contribution in [0.5, 0.6) is 0 Å². The Kier molecular flexibility index (Phi) is 6.58. The molecule has 0 saturated heterocycles. The van der Waals surface area contributed by atoms with Gasteiger partial charge >= 0.3 is 0 Å². The SMILES string of the molecule is CC(C)(C)c1ccc(C(=O)N(/N=C/c2ccc([N+](=O)[O-])cc2)c2nc3ccc(Br)cc3s2)cc1. The molecule has 7 nitrogen and oxygen atoms in total. The fourth-order valence-corrected chi connectivity index (χ4v) is 4.68. The van der Waals surface area contributed by atoms with Crippen LogP contribution in [0.2, 0.25) is 0 Å². The molecule has 1 amide bonds. The van der Waals surface area contributed by atoms with Crippen LogP contribution in [0.3, 0.4) is 0 Å². The van der Waals surface area contributed by atoms with Crippen molar-refractivity contribution in [2.75, 3.05) is 5.01 Å². The van der Waals surface area contributed by atoms with Gasteiger partial charge in [-0.1, -0.05) is 60.2 Å². The Bertz CT molecular complexity index is 1390. The summed E-state index contributed by atoms with van der Waals surface area (Å²) in [7, 11) is 0. The van der Waals surface area contributed by atoms with Gasteiger partial charge in [0, 0.05) is 22.2 Å². The second-order valence-electron chi connectivity index (χ2n) is 8.65. The number of hydrogen-bond acceptors (Lipinski definition) is 6. The summed E-state index contributed by atoms with van der Waals surface area (Å²) in [5.74, 6) is -0.322. The Morgan fingerprint density at radius 3 is 2.38 bits per heavy atom. The molecule has 0 spiro atoms. The van der Waals surface area contributed by atoms with Gasteiger partial charge in [0.05, 0.1) is 21.4 Å². The summed E-state index contributed by atoms with van der Waals surface area (Å²) in [6.07, 6.45) is 1.49. The van der Waals surface area contributed by atoms with E-state index in [1.54, 1.807) is 24.3 Å². The third kappa shape index (κ3) is 5.21. The number of carbonyl (C=O) groups is 1. The van der Waals surface area contributed by atoms with Gasteiger partial charge in [0.1, 0.15) is 0 Å². The summed E-state index contributed by atoms with van der Waals surface area (Å²) >= 11 is 4.82. The number of hydrazone groups is 1. The van der Waals surface area contributed by atoms with Crippen LogP contribution in [0.1, 0.15) is 42.3 Å². The second kappa shape index (κ2) is 9.44. The number of nitro benzene ring substituents is 1. The molecule has 0 N–H and O–H groups in total. The van der Waals surface area contributed by atoms with E-state index in [0.29, 0.717) is 16.3 Å². The van der Waals surface area contributed by atoms with Crippen molar-refractivity contribution in [3.63, 3.8) is 0 Å². The molecule has 1 heterocycles. The number of nitro groups is 1. The molecule has 0 aliphatic carbocycles. The van der Waals surface area contributed by atoms with E-state index in [1.165, 1.54) is 34.7 Å². The summed E-state index contributed by atoms with van der Waals surface area (Å²) < 4.78 is 1.83. The summed E-state index contributed by atoms with van der Waals surface area (Å²) in [6.45, 7) is 6.34. The zero-order chi connectivity index (χ0) is 24.5. The standard InChI is InChI=1S/C25H21BrN4O3S/c1-25(2,3)18-8-6-17(7-9-18)23(31)29(24-28-21-13-10-19(26)14-22(21)34-24)27-15-16-4-11-20(12-5-16)30(32)33/h4-15H,1-3H3/b27-15+. The van der Waals surface area contributed by atoms with Crippen LogP contribution in [0.15, 0.2) is 76.3 Å². The molecule has 172 valence electrons. The predicted molar refractivity (Wildman–Crippen MR) is 140 cm³/mol. The summed E-state index contributed by atoms with van der Waals surface area (Å²) in [4.78, 5) is 28.6. The number of fused-ring (bicyclic) bond motifs is 1. The highest BCUT2D eigenvalue weighted by atomic mass is 79.9. The highest BCUT2D eigenvalue weighted by Gasteiger charge is 2.22. The fourth-order valence-electron chi connectivity index (χ4n) is 3.21. The van der Waals surface area contributed by atoms with E-state index in [0.717, 1.165) is 20.3 Å². The van der Waals surface area contributed by atoms with Crippen molar-refractivity contribution in [2.45, 2.75) is 26.2 Å². The van der Waals surface area contributed by atoms with Gasteiger partial charge in [-0.3, -0.25) is 14.9 Å². The van der Waals surface area contributed by atoms with E-state index >= 15 is 0 Å². The Labute approximate surface area is 209 Å². The van der Waals surface area contributed by atoms with Gasteiger partial charge in [-0.2, -0.15) is 10.1 Å². The van der Waals surface area contributed by atoms with Crippen LogP contribution in [0, 0.1) is 10.1 Å². The monoisotopic (exact) mass is 536 g/mol. The van der Waals surface area contributed by atoms with E-state index < -0.39 is 4.92 Å². The van der Waals surface area contributed by atoms with Crippen molar-refractivity contribution in [3.05, 3.63) is 98.0 Å². The molecule has 4 rings (SSSR count). The second-order valence-corrected chi connectivity index (χ2v) is 10.6. The van der Waals surface area contributed by atoms with E-state index in [1.807, 2.05) is 30.3 Å². The van der Waals surface area contributed by atoms with Crippen LogP contribution in [-0.2, 0) is 5.41 Å². The maximum Gasteiger partial charge on any atom is 0.280 e. The minimum Gasteiger partial charge on any atom is -0.267 e. The van der Waals surface area contributed by atoms with Gasteiger partial charge in [0.2, 0.25) is 5.13 Å². The zero-order valence-electron chi connectivity index (χ0n) is 18.7. The Balaban J connectivity index is 1.72. The minimum atomic E-state index is -0.461. The molecule has 0 atom stereocenters. The first-order chi connectivity index (χ1) is 16.1. The van der Waals surface area contributed by atoms with Crippen LogP contribution in [0.4, 0.5) is 10.8 Å². The van der Waals surface area contributed by atoms with Gasteiger partial charge in [-0.25, -0.2) is 4.98 Å². The number of aromatic nitrogens is 1. The summed E-state index contributed by atoms with van der Waals surface area (Å²) in [5.41, 5.74) is 2.94. The molecule has 3 aromatic carbocycles. The lowest BCUT2D eigenvalue weighted by Gasteiger charge is -2.19. The van der Waals surface area contributed by atoms with Crippen LogP contribution in [0.25, 0.3) is 10.2 Å². The molecular weight excluding hydrogens is 516 g/mol.